The Morgan fingerprint density at radius 3 is 2.37 bits per heavy atom. The van der Waals surface area contributed by atoms with Crippen LogP contribution >= 0.6 is 0 Å². The van der Waals surface area contributed by atoms with Crippen LogP contribution in [0.3, 0.4) is 0 Å². The molecule has 30 heavy (non-hydrogen) atoms. The molecule has 150 valence electrons. The molecular formula is C26H24N2O2. The van der Waals surface area contributed by atoms with Crippen LogP contribution in [0.5, 0.6) is 0 Å². The molecule has 0 bridgehead atoms. The van der Waals surface area contributed by atoms with Gasteiger partial charge in [-0.3, -0.25) is 0 Å². The second-order valence-electron chi connectivity index (χ2n) is 8.08. The summed E-state index contributed by atoms with van der Waals surface area (Å²) in [5.41, 5.74) is 7.55. The van der Waals surface area contributed by atoms with Crippen LogP contribution in [0.1, 0.15) is 58.4 Å². The number of carbonyl (C=O) groups is 1. The van der Waals surface area contributed by atoms with Gasteiger partial charge in [0.05, 0.1) is 12.7 Å². The van der Waals surface area contributed by atoms with E-state index in [4.69, 9.17) is 4.74 Å². The van der Waals surface area contributed by atoms with Crippen molar-refractivity contribution >= 4 is 23.7 Å². The molecule has 3 aromatic rings. The Balaban J connectivity index is 1.66. The summed E-state index contributed by atoms with van der Waals surface area (Å²) in [5, 5.41) is 0. The average Bonchev–Trinajstić information content (AvgIpc) is 2.78. The van der Waals surface area contributed by atoms with E-state index in [2.05, 4.69) is 54.2 Å². The van der Waals surface area contributed by atoms with Crippen LogP contribution in [-0.2, 0) is 10.2 Å². The molecule has 0 aliphatic heterocycles. The molecule has 0 N–H and O–H groups in total. The van der Waals surface area contributed by atoms with Crippen LogP contribution in [0.25, 0.3) is 17.7 Å². The lowest BCUT2D eigenvalue weighted by atomic mass is 9.72. The Morgan fingerprint density at radius 1 is 1.00 bits per heavy atom. The topological polar surface area (TPSA) is 52.1 Å². The highest BCUT2D eigenvalue weighted by molar-refractivity contribution is 5.89. The molecule has 0 amide bonds. The van der Waals surface area contributed by atoms with Crippen LogP contribution in [0, 0.1) is 0 Å². The smallest absolute Gasteiger partial charge is 0.337 e. The third-order valence-corrected chi connectivity index (χ3v) is 5.55. The average molecular weight is 396 g/mol. The van der Waals surface area contributed by atoms with Crippen molar-refractivity contribution in [3.63, 3.8) is 0 Å². The Bertz CT molecular complexity index is 1130. The monoisotopic (exact) mass is 396 g/mol. The van der Waals surface area contributed by atoms with Gasteiger partial charge in [-0.25, -0.2) is 14.8 Å². The molecule has 0 radical (unpaired) electrons. The van der Waals surface area contributed by atoms with E-state index in [1.165, 1.54) is 23.8 Å². The first kappa shape index (κ1) is 19.8. The fourth-order valence-corrected chi connectivity index (χ4v) is 3.81. The van der Waals surface area contributed by atoms with Gasteiger partial charge >= 0.3 is 5.97 Å². The molecule has 0 fully saturated rings. The van der Waals surface area contributed by atoms with E-state index in [9.17, 15) is 4.79 Å². The minimum Gasteiger partial charge on any atom is -0.465 e. The molecule has 1 aliphatic carbocycles. The van der Waals surface area contributed by atoms with Crippen molar-refractivity contribution < 1.29 is 9.53 Å². The second-order valence-corrected chi connectivity index (χ2v) is 8.08. The fourth-order valence-electron chi connectivity index (χ4n) is 3.81. The number of fused-ring (bicyclic) bond motifs is 1. The lowest BCUT2D eigenvalue weighted by molar-refractivity contribution is 0.0600. The lowest BCUT2D eigenvalue weighted by Gasteiger charge is -2.32. The zero-order chi connectivity index (χ0) is 21.1. The molecule has 2 aromatic carbocycles. The van der Waals surface area contributed by atoms with Crippen molar-refractivity contribution in [1.29, 1.82) is 0 Å². The SMILES string of the molecule is COC(=O)c1ccc(/C=C/c2ccc3c(c2)C(c2cncnc2)=CCC3(C)C)cc1. The quantitative estimate of drug-likeness (QED) is 0.429. The summed E-state index contributed by atoms with van der Waals surface area (Å²) in [6, 6.07) is 14.0. The Kier molecular flexibility index (Phi) is 5.32. The van der Waals surface area contributed by atoms with Gasteiger partial charge in [0.2, 0.25) is 0 Å². The van der Waals surface area contributed by atoms with E-state index in [0.717, 1.165) is 23.1 Å². The predicted octanol–water partition coefficient (Wildman–Crippen LogP) is 5.55. The maximum Gasteiger partial charge on any atom is 0.337 e. The van der Waals surface area contributed by atoms with Crippen molar-refractivity contribution in [3.8, 4) is 0 Å². The van der Waals surface area contributed by atoms with E-state index in [-0.39, 0.29) is 11.4 Å². The molecule has 1 aromatic heterocycles. The number of hydrogen-bond donors (Lipinski definition) is 0. The number of aromatic nitrogens is 2. The van der Waals surface area contributed by atoms with Crippen molar-refractivity contribution in [1.82, 2.24) is 9.97 Å². The Labute approximate surface area is 177 Å². The minimum atomic E-state index is -0.327. The van der Waals surface area contributed by atoms with Gasteiger partial charge in [-0.05, 0) is 57.9 Å². The van der Waals surface area contributed by atoms with Crippen LogP contribution in [0.4, 0.5) is 0 Å². The highest BCUT2D eigenvalue weighted by Crippen LogP contribution is 2.41. The number of methoxy groups -OCH3 is 1. The van der Waals surface area contributed by atoms with Crippen LogP contribution < -0.4 is 0 Å². The van der Waals surface area contributed by atoms with Gasteiger partial charge < -0.3 is 4.74 Å². The molecule has 0 spiro atoms. The summed E-state index contributed by atoms with van der Waals surface area (Å²) in [4.78, 5) is 20.0. The molecule has 0 saturated heterocycles. The van der Waals surface area contributed by atoms with E-state index < -0.39 is 0 Å². The molecule has 4 nitrogen and oxygen atoms in total. The first-order valence-corrected chi connectivity index (χ1v) is 9.95. The highest BCUT2D eigenvalue weighted by atomic mass is 16.5. The van der Waals surface area contributed by atoms with Crippen molar-refractivity contribution in [3.05, 3.63) is 101 Å². The van der Waals surface area contributed by atoms with Gasteiger partial charge in [0.1, 0.15) is 6.33 Å². The maximum atomic E-state index is 11.6. The van der Waals surface area contributed by atoms with Crippen molar-refractivity contribution in [2.24, 2.45) is 0 Å². The molecule has 4 heteroatoms. The standard InChI is InChI=1S/C26H24N2O2/c1-26(2)13-12-22(21-15-27-17-28-16-21)23-14-19(8-11-24(23)26)5-4-18-6-9-20(10-7-18)25(29)30-3/h4-12,14-17H,13H2,1-3H3/b5-4+. The highest BCUT2D eigenvalue weighted by Gasteiger charge is 2.28. The molecule has 0 unspecified atom stereocenters. The van der Waals surface area contributed by atoms with Crippen LogP contribution in [0.15, 0.2) is 67.3 Å². The van der Waals surface area contributed by atoms with Gasteiger partial charge in [-0.15, -0.1) is 0 Å². The van der Waals surface area contributed by atoms with Crippen LogP contribution in [-0.4, -0.2) is 23.0 Å². The van der Waals surface area contributed by atoms with Gasteiger partial charge in [-0.1, -0.05) is 56.3 Å². The first-order valence-electron chi connectivity index (χ1n) is 9.95. The van der Waals surface area contributed by atoms with Crippen molar-refractivity contribution in [2.45, 2.75) is 25.7 Å². The minimum absolute atomic E-state index is 0.0838. The van der Waals surface area contributed by atoms with Gasteiger partial charge in [0.25, 0.3) is 0 Å². The Morgan fingerprint density at radius 2 is 1.67 bits per heavy atom. The number of carbonyl (C=O) groups excluding carboxylic acids is 1. The zero-order valence-electron chi connectivity index (χ0n) is 17.4. The number of allylic oxidation sites excluding steroid dienone is 1. The normalized spacial score (nSPS) is 14.8. The first-order chi connectivity index (χ1) is 14.5. The van der Waals surface area contributed by atoms with Crippen molar-refractivity contribution in [2.75, 3.05) is 7.11 Å². The van der Waals surface area contributed by atoms with E-state index in [1.807, 2.05) is 30.6 Å². The molecule has 4 rings (SSSR count). The van der Waals surface area contributed by atoms with Crippen LogP contribution in [0.2, 0.25) is 0 Å². The largest absolute Gasteiger partial charge is 0.465 e. The van der Waals surface area contributed by atoms with E-state index >= 15 is 0 Å². The lowest BCUT2D eigenvalue weighted by Crippen LogP contribution is -2.22. The number of hydrogen-bond acceptors (Lipinski definition) is 4. The summed E-state index contributed by atoms with van der Waals surface area (Å²) in [7, 11) is 1.39. The summed E-state index contributed by atoms with van der Waals surface area (Å²) < 4.78 is 4.75. The van der Waals surface area contributed by atoms with E-state index in [1.54, 1.807) is 18.5 Å². The van der Waals surface area contributed by atoms with Gasteiger partial charge in [0.15, 0.2) is 0 Å². The number of ether oxygens (including phenoxy) is 1. The summed E-state index contributed by atoms with van der Waals surface area (Å²) >= 11 is 0. The number of nitrogens with zero attached hydrogens (tertiary/aromatic N) is 2. The van der Waals surface area contributed by atoms with Gasteiger partial charge in [0, 0.05) is 18.0 Å². The number of rotatable bonds is 4. The summed E-state index contributed by atoms with van der Waals surface area (Å²) in [6.45, 7) is 4.55. The zero-order valence-corrected chi connectivity index (χ0v) is 17.4. The van der Waals surface area contributed by atoms with Gasteiger partial charge in [-0.2, -0.15) is 0 Å². The maximum absolute atomic E-state index is 11.6. The molecule has 0 saturated carbocycles. The summed E-state index contributed by atoms with van der Waals surface area (Å²) in [5.74, 6) is -0.327. The Hall–Kier alpha value is -3.53. The third kappa shape index (κ3) is 3.94. The third-order valence-electron chi connectivity index (χ3n) is 5.55. The molecule has 0 atom stereocenters. The molecule has 1 aliphatic rings. The number of benzene rings is 2. The molecule has 1 heterocycles. The second kappa shape index (κ2) is 8.07. The number of esters is 1. The molecular weight excluding hydrogens is 372 g/mol. The van der Waals surface area contributed by atoms with E-state index in [0.29, 0.717) is 5.56 Å². The summed E-state index contributed by atoms with van der Waals surface area (Å²) in [6.07, 6.45) is 12.7. The predicted molar refractivity (Wildman–Crippen MR) is 120 cm³/mol. The fraction of sp³-hybridized carbons (Fsp3) is 0.192.